The molecule has 1 amide bonds. The van der Waals surface area contributed by atoms with E-state index in [2.05, 4.69) is 22.3 Å². The smallest absolute Gasteiger partial charge is 0.238 e. The quantitative estimate of drug-likeness (QED) is 0.820. The van der Waals surface area contributed by atoms with E-state index in [0.717, 1.165) is 30.8 Å². The third-order valence-electron chi connectivity index (χ3n) is 4.65. The van der Waals surface area contributed by atoms with Gasteiger partial charge in [-0.1, -0.05) is 24.3 Å². The van der Waals surface area contributed by atoms with Gasteiger partial charge in [-0.05, 0) is 56.1 Å². The number of anilines is 1. The van der Waals surface area contributed by atoms with Crippen LogP contribution in [0.25, 0.3) is 0 Å². The van der Waals surface area contributed by atoms with Crippen LogP contribution in [0.3, 0.4) is 0 Å². The largest absolute Gasteiger partial charge is 0.497 e. The molecule has 1 atom stereocenters. The van der Waals surface area contributed by atoms with Crippen molar-refractivity contribution in [2.45, 2.75) is 25.8 Å². The van der Waals surface area contributed by atoms with Crippen molar-refractivity contribution in [1.82, 2.24) is 4.90 Å². The third-order valence-corrected chi connectivity index (χ3v) is 4.65. The highest BCUT2D eigenvalue weighted by Crippen LogP contribution is 2.33. The molecule has 26 heavy (non-hydrogen) atoms. The zero-order chi connectivity index (χ0) is 18.4. The average molecular weight is 354 g/mol. The first-order valence-electron chi connectivity index (χ1n) is 9.11. The molecule has 5 heteroatoms. The summed E-state index contributed by atoms with van der Waals surface area (Å²) < 4.78 is 10.9. The molecule has 2 aromatic carbocycles. The van der Waals surface area contributed by atoms with Crippen molar-refractivity contribution in [3.63, 3.8) is 0 Å². The van der Waals surface area contributed by atoms with Gasteiger partial charge in [0.15, 0.2) is 0 Å². The zero-order valence-electron chi connectivity index (χ0n) is 15.4. The van der Waals surface area contributed by atoms with Crippen molar-refractivity contribution < 1.29 is 14.3 Å². The van der Waals surface area contributed by atoms with Crippen molar-refractivity contribution in [2.24, 2.45) is 0 Å². The number of nitrogens with zero attached hydrogens (tertiary/aromatic N) is 1. The fraction of sp³-hybridized carbons (Fsp3) is 0.381. The van der Waals surface area contributed by atoms with Crippen LogP contribution in [0.15, 0.2) is 48.5 Å². The molecule has 1 aliphatic heterocycles. The normalized spacial score (nSPS) is 17.1. The maximum absolute atomic E-state index is 12.6. The number of rotatable bonds is 7. The number of carbonyl (C=O) groups excluding carboxylic acids is 1. The van der Waals surface area contributed by atoms with Crippen molar-refractivity contribution >= 4 is 11.6 Å². The van der Waals surface area contributed by atoms with Gasteiger partial charge in [0.1, 0.15) is 11.5 Å². The summed E-state index contributed by atoms with van der Waals surface area (Å²) in [5, 5.41) is 2.99. The van der Waals surface area contributed by atoms with Crippen LogP contribution >= 0.6 is 0 Å². The number of para-hydroxylation sites is 2. The van der Waals surface area contributed by atoms with E-state index in [-0.39, 0.29) is 11.9 Å². The Hall–Kier alpha value is -2.53. The maximum atomic E-state index is 12.6. The lowest BCUT2D eigenvalue weighted by Gasteiger charge is -2.24. The summed E-state index contributed by atoms with van der Waals surface area (Å²) in [7, 11) is 1.68. The van der Waals surface area contributed by atoms with Gasteiger partial charge in [-0.3, -0.25) is 9.69 Å². The summed E-state index contributed by atoms with van der Waals surface area (Å²) >= 11 is 0. The Morgan fingerprint density at radius 3 is 2.88 bits per heavy atom. The van der Waals surface area contributed by atoms with Gasteiger partial charge in [0.05, 0.1) is 25.9 Å². The Bertz CT molecular complexity index is 748. The number of ether oxygens (including phenoxy) is 2. The molecule has 3 rings (SSSR count). The van der Waals surface area contributed by atoms with Crippen LogP contribution in [-0.4, -0.2) is 37.6 Å². The summed E-state index contributed by atoms with van der Waals surface area (Å²) in [5.74, 6) is 1.53. The summed E-state index contributed by atoms with van der Waals surface area (Å²) in [6, 6.07) is 15.9. The Morgan fingerprint density at radius 1 is 1.23 bits per heavy atom. The molecule has 1 fully saturated rings. The lowest BCUT2D eigenvalue weighted by atomic mass is 10.0. The van der Waals surface area contributed by atoms with E-state index >= 15 is 0 Å². The number of hydrogen-bond donors (Lipinski definition) is 1. The molecule has 2 aromatic rings. The van der Waals surface area contributed by atoms with E-state index in [0.29, 0.717) is 18.9 Å². The molecule has 5 nitrogen and oxygen atoms in total. The van der Waals surface area contributed by atoms with E-state index < -0.39 is 0 Å². The predicted molar refractivity (Wildman–Crippen MR) is 103 cm³/mol. The Kier molecular flexibility index (Phi) is 6.12. The minimum atomic E-state index is -0.0213. The van der Waals surface area contributed by atoms with Crippen molar-refractivity contribution in [3.8, 4) is 11.5 Å². The molecule has 0 saturated carbocycles. The van der Waals surface area contributed by atoms with Gasteiger partial charge in [0.2, 0.25) is 5.91 Å². The highest BCUT2D eigenvalue weighted by atomic mass is 16.5. The fourth-order valence-corrected chi connectivity index (χ4v) is 3.47. The van der Waals surface area contributed by atoms with Gasteiger partial charge in [-0.25, -0.2) is 0 Å². The molecular weight excluding hydrogens is 328 g/mol. The minimum absolute atomic E-state index is 0.0213. The Balaban J connectivity index is 1.66. The zero-order valence-corrected chi connectivity index (χ0v) is 15.4. The number of carbonyl (C=O) groups is 1. The standard InChI is InChI=1S/C21H26N2O3/c1-3-26-20-12-5-4-10-18(20)22-21(24)15-23-13-7-11-19(23)16-8-6-9-17(14-16)25-2/h4-6,8-10,12,14,19H,3,7,11,13,15H2,1-2H3,(H,22,24). The molecule has 1 unspecified atom stereocenters. The van der Waals surface area contributed by atoms with E-state index in [1.807, 2.05) is 43.3 Å². The summed E-state index contributed by atoms with van der Waals surface area (Å²) in [5.41, 5.74) is 1.92. The molecule has 0 aromatic heterocycles. The second-order valence-electron chi connectivity index (χ2n) is 6.38. The third kappa shape index (κ3) is 4.35. The van der Waals surface area contributed by atoms with Crippen LogP contribution in [-0.2, 0) is 4.79 Å². The topological polar surface area (TPSA) is 50.8 Å². The van der Waals surface area contributed by atoms with E-state index in [9.17, 15) is 4.79 Å². The minimum Gasteiger partial charge on any atom is -0.497 e. The van der Waals surface area contributed by atoms with Gasteiger partial charge in [-0.2, -0.15) is 0 Å². The van der Waals surface area contributed by atoms with Crippen molar-refractivity contribution in [1.29, 1.82) is 0 Å². The van der Waals surface area contributed by atoms with Crippen LogP contribution < -0.4 is 14.8 Å². The van der Waals surface area contributed by atoms with Crippen molar-refractivity contribution in [3.05, 3.63) is 54.1 Å². The van der Waals surface area contributed by atoms with Crippen LogP contribution in [0.5, 0.6) is 11.5 Å². The van der Waals surface area contributed by atoms with E-state index in [1.165, 1.54) is 5.56 Å². The average Bonchev–Trinajstić information content (AvgIpc) is 3.11. The number of hydrogen-bond acceptors (Lipinski definition) is 4. The van der Waals surface area contributed by atoms with Crippen LogP contribution in [0, 0.1) is 0 Å². The molecule has 0 aliphatic carbocycles. The summed E-state index contributed by atoms with van der Waals surface area (Å²) in [6.07, 6.45) is 2.14. The Labute approximate surface area is 154 Å². The lowest BCUT2D eigenvalue weighted by Crippen LogP contribution is -2.33. The predicted octanol–water partition coefficient (Wildman–Crippen LogP) is 3.87. The molecule has 0 spiro atoms. The molecule has 1 heterocycles. The molecule has 0 radical (unpaired) electrons. The summed E-state index contributed by atoms with van der Waals surface area (Å²) in [6.45, 7) is 3.78. The van der Waals surface area contributed by atoms with Gasteiger partial charge in [0.25, 0.3) is 0 Å². The molecule has 138 valence electrons. The second kappa shape index (κ2) is 8.72. The number of benzene rings is 2. The lowest BCUT2D eigenvalue weighted by molar-refractivity contribution is -0.117. The van der Waals surface area contributed by atoms with Gasteiger partial charge < -0.3 is 14.8 Å². The monoisotopic (exact) mass is 354 g/mol. The second-order valence-corrected chi connectivity index (χ2v) is 6.38. The molecule has 1 saturated heterocycles. The molecule has 0 bridgehead atoms. The number of nitrogens with one attached hydrogen (secondary N) is 1. The van der Waals surface area contributed by atoms with Crippen LogP contribution in [0.2, 0.25) is 0 Å². The SMILES string of the molecule is CCOc1ccccc1NC(=O)CN1CCCC1c1cccc(OC)c1. The molecule has 1 N–H and O–H groups in total. The number of methoxy groups -OCH3 is 1. The maximum Gasteiger partial charge on any atom is 0.238 e. The van der Waals surface area contributed by atoms with Crippen LogP contribution in [0.4, 0.5) is 5.69 Å². The highest BCUT2D eigenvalue weighted by Gasteiger charge is 2.28. The first-order valence-corrected chi connectivity index (χ1v) is 9.11. The first-order chi connectivity index (χ1) is 12.7. The molecule has 1 aliphatic rings. The number of amides is 1. The fourth-order valence-electron chi connectivity index (χ4n) is 3.47. The van der Waals surface area contributed by atoms with E-state index in [1.54, 1.807) is 7.11 Å². The highest BCUT2D eigenvalue weighted by molar-refractivity contribution is 5.93. The van der Waals surface area contributed by atoms with Gasteiger partial charge in [0, 0.05) is 6.04 Å². The van der Waals surface area contributed by atoms with Gasteiger partial charge >= 0.3 is 0 Å². The molecular formula is C21H26N2O3. The van der Waals surface area contributed by atoms with Crippen molar-refractivity contribution in [2.75, 3.05) is 32.1 Å². The van der Waals surface area contributed by atoms with E-state index in [4.69, 9.17) is 9.47 Å². The Morgan fingerprint density at radius 2 is 2.08 bits per heavy atom. The van der Waals surface area contributed by atoms with Crippen LogP contribution in [0.1, 0.15) is 31.4 Å². The van der Waals surface area contributed by atoms with Gasteiger partial charge in [-0.15, -0.1) is 0 Å². The first kappa shape index (κ1) is 18.3. The number of likely N-dealkylation sites (tertiary alicyclic amines) is 1. The summed E-state index contributed by atoms with van der Waals surface area (Å²) in [4.78, 5) is 14.8.